The number of hydrogen-bond acceptors (Lipinski definition) is 4. The summed E-state index contributed by atoms with van der Waals surface area (Å²) in [4.78, 5) is 0. The SMILES string of the molecule is COc1cc(/C=C/c2cc(O)cc(O)c2)cc(Br)c1O. The molecule has 0 aliphatic rings. The maximum absolute atomic E-state index is 9.72. The van der Waals surface area contributed by atoms with E-state index >= 15 is 0 Å². The van der Waals surface area contributed by atoms with Gasteiger partial charge in [-0.1, -0.05) is 12.2 Å². The monoisotopic (exact) mass is 336 g/mol. The van der Waals surface area contributed by atoms with Gasteiger partial charge in [-0.15, -0.1) is 0 Å². The number of phenols is 3. The minimum absolute atomic E-state index is 0.00545. The zero-order valence-electron chi connectivity index (χ0n) is 10.7. The van der Waals surface area contributed by atoms with Crippen LogP contribution in [0.25, 0.3) is 12.2 Å². The molecule has 2 aromatic carbocycles. The van der Waals surface area contributed by atoms with Gasteiger partial charge >= 0.3 is 0 Å². The van der Waals surface area contributed by atoms with Gasteiger partial charge in [0.05, 0.1) is 11.6 Å². The van der Waals surface area contributed by atoms with E-state index in [0.29, 0.717) is 15.8 Å². The van der Waals surface area contributed by atoms with Crippen LogP contribution in [0.1, 0.15) is 11.1 Å². The van der Waals surface area contributed by atoms with Crippen molar-refractivity contribution in [3.8, 4) is 23.0 Å². The third-order valence-corrected chi connectivity index (χ3v) is 3.27. The lowest BCUT2D eigenvalue weighted by Gasteiger charge is -2.06. The van der Waals surface area contributed by atoms with Crippen molar-refractivity contribution >= 4 is 28.1 Å². The Morgan fingerprint density at radius 1 is 0.900 bits per heavy atom. The zero-order chi connectivity index (χ0) is 14.7. The molecule has 0 heterocycles. The van der Waals surface area contributed by atoms with Crippen LogP contribution in [0.3, 0.4) is 0 Å². The van der Waals surface area contributed by atoms with Gasteiger partial charge in [-0.05, 0) is 51.3 Å². The molecule has 0 aromatic heterocycles. The largest absolute Gasteiger partial charge is 0.508 e. The van der Waals surface area contributed by atoms with Gasteiger partial charge in [-0.2, -0.15) is 0 Å². The summed E-state index contributed by atoms with van der Waals surface area (Å²) in [6, 6.07) is 7.74. The highest BCUT2D eigenvalue weighted by Crippen LogP contribution is 2.35. The number of aromatic hydroxyl groups is 3. The van der Waals surface area contributed by atoms with Crippen molar-refractivity contribution in [3.05, 3.63) is 45.9 Å². The van der Waals surface area contributed by atoms with Crippen LogP contribution in [0.5, 0.6) is 23.0 Å². The van der Waals surface area contributed by atoms with Crippen LogP contribution in [0.2, 0.25) is 0 Å². The van der Waals surface area contributed by atoms with Gasteiger partial charge < -0.3 is 20.1 Å². The van der Waals surface area contributed by atoms with Crippen molar-refractivity contribution in [2.75, 3.05) is 7.11 Å². The fourth-order valence-corrected chi connectivity index (χ4v) is 2.21. The highest BCUT2D eigenvalue weighted by molar-refractivity contribution is 9.10. The maximum Gasteiger partial charge on any atom is 0.172 e. The second-order valence-corrected chi connectivity index (χ2v) is 5.02. The molecule has 2 rings (SSSR count). The molecule has 0 aliphatic heterocycles. The number of methoxy groups -OCH3 is 1. The molecule has 0 spiro atoms. The summed E-state index contributed by atoms with van der Waals surface area (Å²) >= 11 is 3.24. The van der Waals surface area contributed by atoms with Crippen LogP contribution in [-0.4, -0.2) is 22.4 Å². The van der Waals surface area contributed by atoms with Gasteiger partial charge in [-0.3, -0.25) is 0 Å². The van der Waals surface area contributed by atoms with E-state index in [9.17, 15) is 15.3 Å². The molecule has 0 amide bonds. The Kier molecular flexibility index (Phi) is 4.20. The number of ether oxygens (including phenoxy) is 1. The van der Waals surface area contributed by atoms with Gasteiger partial charge in [0.25, 0.3) is 0 Å². The fourth-order valence-electron chi connectivity index (χ4n) is 1.75. The van der Waals surface area contributed by atoms with Crippen molar-refractivity contribution in [2.24, 2.45) is 0 Å². The van der Waals surface area contributed by atoms with Crippen molar-refractivity contribution < 1.29 is 20.1 Å². The highest BCUT2D eigenvalue weighted by atomic mass is 79.9. The molecule has 20 heavy (non-hydrogen) atoms. The van der Waals surface area contributed by atoms with Crippen LogP contribution in [0.15, 0.2) is 34.8 Å². The lowest BCUT2D eigenvalue weighted by atomic mass is 10.1. The molecule has 0 atom stereocenters. The van der Waals surface area contributed by atoms with E-state index in [-0.39, 0.29) is 17.2 Å². The van der Waals surface area contributed by atoms with Crippen LogP contribution in [0.4, 0.5) is 0 Å². The molecule has 4 nitrogen and oxygen atoms in total. The van der Waals surface area contributed by atoms with Crippen LogP contribution < -0.4 is 4.74 Å². The van der Waals surface area contributed by atoms with E-state index in [1.807, 2.05) is 0 Å². The number of hydrogen-bond donors (Lipinski definition) is 3. The minimum atomic E-state index is -0.00545. The third-order valence-electron chi connectivity index (χ3n) is 2.66. The Balaban J connectivity index is 2.34. The number of rotatable bonds is 3. The molecule has 3 N–H and O–H groups in total. The molecular weight excluding hydrogens is 324 g/mol. The van der Waals surface area contributed by atoms with Crippen LogP contribution in [0, 0.1) is 0 Å². The number of phenolic OH excluding ortho intramolecular Hbond substituents is 3. The lowest BCUT2D eigenvalue weighted by Crippen LogP contribution is -1.85. The maximum atomic E-state index is 9.72. The van der Waals surface area contributed by atoms with E-state index in [1.165, 1.54) is 25.3 Å². The molecule has 0 fully saturated rings. The molecule has 104 valence electrons. The van der Waals surface area contributed by atoms with Crippen molar-refractivity contribution in [3.63, 3.8) is 0 Å². The summed E-state index contributed by atoms with van der Waals surface area (Å²) in [6.07, 6.45) is 3.51. The summed E-state index contributed by atoms with van der Waals surface area (Å²) < 4.78 is 5.59. The van der Waals surface area contributed by atoms with Gasteiger partial charge in [0.15, 0.2) is 11.5 Å². The molecule has 0 saturated carbocycles. The van der Waals surface area contributed by atoms with E-state index in [0.717, 1.165) is 5.56 Å². The average Bonchev–Trinajstić information content (AvgIpc) is 2.39. The van der Waals surface area contributed by atoms with Crippen molar-refractivity contribution in [1.29, 1.82) is 0 Å². The summed E-state index contributed by atoms with van der Waals surface area (Å²) in [5, 5.41) is 28.5. The molecule has 0 unspecified atom stereocenters. The Bertz CT molecular complexity index is 645. The Hall–Kier alpha value is -2.14. The van der Waals surface area contributed by atoms with E-state index in [2.05, 4.69) is 15.9 Å². The molecule has 0 bridgehead atoms. The normalized spacial score (nSPS) is 10.9. The van der Waals surface area contributed by atoms with Gasteiger partial charge in [0.2, 0.25) is 0 Å². The quantitative estimate of drug-likeness (QED) is 0.746. The fraction of sp³-hybridized carbons (Fsp3) is 0.0667. The second-order valence-electron chi connectivity index (χ2n) is 4.17. The summed E-state index contributed by atoms with van der Waals surface area (Å²) in [6.45, 7) is 0. The second kappa shape index (κ2) is 5.88. The zero-order valence-corrected chi connectivity index (χ0v) is 12.3. The summed E-state index contributed by atoms with van der Waals surface area (Å²) in [5.74, 6) is 0.390. The van der Waals surface area contributed by atoms with Crippen molar-refractivity contribution in [1.82, 2.24) is 0 Å². The lowest BCUT2D eigenvalue weighted by molar-refractivity contribution is 0.372. The first-order valence-corrected chi connectivity index (χ1v) is 6.56. The topological polar surface area (TPSA) is 69.9 Å². The first-order valence-electron chi connectivity index (χ1n) is 5.77. The summed E-state index contributed by atoms with van der Waals surface area (Å²) in [5.41, 5.74) is 1.46. The van der Waals surface area contributed by atoms with Gasteiger partial charge in [-0.25, -0.2) is 0 Å². The molecule has 5 heteroatoms. The van der Waals surface area contributed by atoms with Gasteiger partial charge in [0, 0.05) is 6.07 Å². The first kappa shape index (κ1) is 14.3. The third kappa shape index (κ3) is 3.24. The first-order chi connectivity index (χ1) is 9.49. The molecule has 0 saturated heterocycles. The standard InChI is InChI=1S/C15H13BrO4/c1-20-14-7-10(6-13(16)15(14)19)3-2-9-4-11(17)8-12(18)5-9/h2-8,17-19H,1H3/b3-2+. The van der Waals surface area contributed by atoms with E-state index in [4.69, 9.17) is 4.74 Å². The molecule has 2 aromatic rings. The molecule has 0 aliphatic carbocycles. The summed E-state index contributed by atoms with van der Waals surface area (Å²) in [7, 11) is 1.47. The van der Waals surface area contributed by atoms with Crippen molar-refractivity contribution in [2.45, 2.75) is 0 Å². The Morgan fingerprint density at radius 2 is 1.45 bits per heavy atom. The minimum Gasteiger partial charge on any atom is -0.508 e. The van der Waals surface area contributed by atoms with Crippen LogP contribution >= 0.6 is 15.9 Å². The van der Waals surface area contributed by atoms with E-state index in [1.54, 1.807) is 24.3 Å². The Morgan fingerprint density at radius 3 is 2.00 bits per heavy atom. The average molecular weight is 337 g/mol. The predicted molar refractivity (Wildman–Crippen MR) is 81.1 cm³/mol. The van der Waals surface area contributed by atoms with Gasteiger partial charge in [0.1, 0.15) is 11.5 Å². The molecular formula is C15H13BrO4. The van der Waals surface area contributed by atoms with E-state index < -0.39 is 0 Å². The predicted octanol–water partition coefficient (Wildman–Crippen LogP) is 3.74. The highest BCUT2D eigenvalue weighted by Gasteiger charge is 2.07. The Labute approximate surface area is 124 Å². The smallest absolute Gasteiger partial charge is 0.172 e. The molecule has 0 radical (unpaired) electrons. The van der Waals surface area contributed by atoms with Crippen LogP contribution in [-0.2, 0) is 0 Å². The number of benzene rings is 2. The number of halogens is 1.